The summed E-state index contributed by atoms with van der Waals surface area (Å²) in [5.41, 5.74) is 39.3. The van der Waals surface area contributed by atoms with Crippen molar-refractivity contribution in [2.75, 3.05) is 0 Å². The molecule has 0 amide bonds. The Kier molecular flexibility index (Phi) is 58.4. The molecule has 0 saturated carbocycles. The van der Waals surface area contributed by atoms with Gasteiger partial charge in [0, 0.05) is 110 Å². The van der Waals surface area contributed by atoms with Gasteiger partial charge in [-0.15, -0.1) is 0 Å². The number of aromatic amines is 10. The van der Waals surface area contributed by atoms with Crippen LogP contribution in [0, 0.1) is 0 Å². The van der Waals surface area contributed by atoms with E-state index < -0.39 is 0 Å². The zero-order valence-corrected chi connectivity index (χ0v) is 105. The third-order valence-corrected chi connectivity index (χ3v) is 20.2. The van der Waals surface area contributed by atoms with Crippen molar-refractivity contribution in [3.63, 3.8) is 0 Å². The van der Waals surface area contributed by atoms with Gasteiger partial charge in [0.25, 0.3) is 0 Å². The van der Waals surface area contributed by atoms with Crippen molar-refractivity contribution in [2.45, 2.75) is 0 Å². The maximum absolute atomic E-state index is 4.63. The van der Waals surface area contributed by atoms with Gasteiger partial charge in [0.1, 0.15) is 0 Å². The molecule has 0 fully saturated rings. The van der Waals surface area contributed by atoms with Gasteiger partial charge < -0.3 is 354 Å². The van der Waals surface area contributed by atoms with Crippen molar-refractivity contribution in [2.24, 2.45) is 0 Å². The van der Waals surface area contributed by atoms with Crippen LogP contribution in [0.2, 0.25) is 0 Å². The quantitative estimate of drug-likeness (QED) is 0.0499. The maximum atomic E-state index is 4.63. The average Bonchev–Trinajstić information content (AvgIpc) is 1.71. The van der Waals surface area contributed by atoms with Crippen LogP contribution in [0.1, 0.15) is 114 Å². The third kappa shape index (κ3) is 35.3. The minimum atomic E-state index is 0. The first-order valence-electron chi connectivity index (χ1n) is 39.2. The van der Waals surface area contributed by atoms with E-state index in [9.17, 15) is 0 Å². The molecule has 690 valence electrons. The Morgan fingerprint density at radius 2 is 0.150 bits per heavy atom. The van der Waals surface area contributed by atoms with Gasteiger partial charge in [-0.25, -0.2) is 49.8 Å². The third-order valence-electron chi connectivity index (χ3n) is 20.2. The van der Waals surface area contributed by atoms with E-state index in [0.29, 0.717) is 0 Å². The average molecular weight is 3260 g/mol. The number of H-pyrrole nitrogens is 10. The summed E-state index contributed by atoms with van der Waals surface area (Å²) in [6.07, 6.45) is 40.5. The second kappa shape index (κ2) is 61.8. The fourth-order valence-corrected chi connectivity index (χ4v) is 14.7. The first kappa shape index (κ1) is 132. The molecule has 15 aromatic heterocycles. The summed E-state index contributed by atoms with van der Waals surface area (Å²) in [5.74, 6) is 0. The van der Waals surface area contributed by atoms with Crippen LogP contribution in [0.5, 0.6) is 0 Å². The van der Waals surface area contributed by atoms with Crippen LogP contribution in [0.25, 0.3) is 232 Å². The maximum Gasteiger partial charge on any atom is 3.00 e. The van der Waals surface area contributed by atoms with Crippen LogP contribution in [-0.2, 0) is 0 Å². The Labute approximate surface area is 1060 Å². The summed E-state index contributed by atoms with van der Waals surface area (Å²) in [4.78, 5) is 80.1. The SMILES string of the molecule is C1=Cc2cc3ccc(cc4nc(cc5ccc(cc1n2)[nH]5)C=C4)[nH]3.C1=Cc2cc3ccc(cc4nc(cc5ccc(cc1n2)[nH]5)C=C4)[nH]3.C1=Cc2cc3ccc(cc4nc(cc5ccc(cc1n2)[nH]5)C=C4)[nH]3.C1=Cc2cc3ccc(cc4nc(cc5ccc(cc1n2)[nH]5)C=C4)[nH]3.C1=Cc2cc3ccc(cc4nc(cc5ccc(cc1n2)[nH]5)C=C4)[nH]3.[Al+3].[Al+3].[Al+3].[Al+3].[Al+3].[I-].[I-].[I-].[I-].[I-].[I-].[I-].[I-].[I-].[I-].[I-].[I-].[OH-].[OH-].[OH-]. The molecule has 0 radical (unpaired) electrons. The van der Waals surface area contributed by atoms with Gasteiger partial charge in [-0.05, 0) is 364 Å². The molecule has 40 bridgehead atoms. The molecule has 0 spiro atoms. The van der Waals surface area contributed by atoms with Crippen molar-refractivity contribution >= 4 is 319 Å². The molecule has 25 heterocycles. The van der Waals surface area contributed by atoms with Crippen LogP contribution >= 0.6 is 0 Å². The van der Waals surface area contributed by atoms with Gasteiger partial charge in [-0.2, -0.15) is 0 Å². The summed E-state index contributed by atoms with van der Waals surface area (Å²) in [7, 11) is 0. The van der Waals surface area contributed by atoms with E-state index in [-0.39, 0.29) is 391 Å². The standard InChI is InChI=1S/5C20H14N4.5Al.12HI.3H2O/c5*1-2-14-10-16-5-6-18(23-16)12-20-8-7-19(24-20)11-17-4-3-15(22-17)9-13(1)21-14;;;;;;;;;;;;;;;;;;;;/h5*1-12,21,24H;;;;;;12*1H;3*1H2/q;;;;;5*+3;;;;;;;;;;;;;;;/p-15. The Balaban J connectivity index is 0.000000845. The zero-order valence-electron chi connectivity index (χ0n) is 72.9. The smallest absolute Gasteiger partial charge is 1.00 e. The number of fused-ring (bicyclic) bond motifs is 40. The van der Waals surface area contributed by atoms with Gasteiger partial charge in [0.2, 0.25) is 0 Å². The number of rotatable bonds is 0. The number of halogens is 12. The largest absolute Gasteiger partial charge is 3.00 e. The second-order valence-corrected chi connectivity index (χ2v) is 29.5. The predicted octanol–water partition coefficient (Wildman–Crippen LogP) is -15.1. The molecule has 0 unspecified atom stereocenters. The summed E-state index contributed by atoms with van der Waals surface area (Å²) >= 11 is 0. The van der Waals surface area contributed by atoms with E-state index in [2.05, 4.69) is 221 Å². The van der Waals surface area contributed by atoms with E-state index >= 15 is 0 Å². The molecule has 23 nitrogen and oxygen atoms in total. The molecule has 0 aromatic carbocycles. The van der Waals surface area contributed by atoms with E-state index in [0.717, 1.165) is 224 Å². The Morgan fingerprint density at radius 1 is 0.100 bits per heavy atom. The van der Waals surface area contributed by atoms with Crippen molar-refractivity contribution in [1.82, 2.24) is 99.7 Å². The van der Waals surface area contributed by atoms with Gasteiger partial charge in [-0.3, -0.25) is 0 Å². The molecule has 40 heteroatoms. The molecule has 15 aromatic rings. The van der Waals surface area contributed by atoms with Gasteiger partial charge in [0.05, 0.1) is 114 Å². The second-order valence-electron chi connectivity index (χ2n) is 29.5. The number of nitrogens with zero attached hydrogens (tertiary/aromatic N) is 10. The molecular formula is C100H73Al5I12N20O3. The Morgan fingerprint density at radius 3 is 0.200 bits per heavy atom. The van der Waals surface area contributed by atoms with Crippen molar-refractivity contribution in [1.29, 1.82) is 0 Å². The Hall–Kier alpha value is -5.70. The molecule has 0 aliphatic carbocycles. The molecule has 0 atom stereocenters. The molecule has 10 aliphatic rings. The van der Waals surface area contributed by atoms with Crippen molar-refractivity contribution in [3.05, 3.63) is 357 Å². The van der Waals surface area contributed by atoms with Crippen LogP contribution in [0.4, 0.5) is 0 Å². The van der Waals surface area contributed by atoms with Gasteiger partial charge in [0.15, 0.2) is 0 Å². The van der Waals surface area contributed by atoms with Gasteiger partial charge in [-0.1, -0.05) is 0 Å². The minimum absolute atomic E-state index is 0. The van der Waals surface area contributed by atoms with Crippen molar-refractivity contribution < 1.29 is 304 Å². The van der Waals surface area contributed by atoms with E-state index in [4.69, 9.17) is 0 Å². The first-order valence-corrected chi connectivity index (χ1v) is 39.2. The van der Waals surface area contributed by atoms with Crippen LogP contribution in [-0.4, -0.2) is 203 Å². The number of hydrogen-bond acceptors (Lipinski definition) is 13. The number of aromatic nitrogens is 20. The van der Waals surface area contributed by atoms with E-state index in [1.165, 1.54) is 0 Å². The monoisotopic (exact) mass is 3260 g/mol. The fraction of sp³-hybridized carbons (Fsp3) is 0. The Bertz CT molecular complexity index is 6110. The van der Waals surface area contributed by atoms with Gasteiger partial charge >= 0.3 is 86.8 Å². The molecule has 10 aliphatic heterocycles. The number of nitrogens with one attached hydrogen (secondary N) is 10. The fourth-order valence-electron chi connectivity index (χ4n) is 14.7. The molecule has 13 N–H and O–H groups in total. The predicted molar refractivity (Wildman–Crippen MR) is 529 cm³/mol. The molecule has 25 rings (SSSR count). The van der Waals surface area contributed by atoms with Crippen LogP contribution in [0.15, 0.2) is 243 Å². The van der Waals surface area contributed by atoms with Crippen molar-refractivity contribution in [3.8, 4) is 0 Å². The topological polar surface area (TPSA) is 377 Å². The van der Waals surface area contributed by atoms with Crippen LogP contribution < -0.4 is 288 Å². The van der Waals surface area contributed by atoms with E-state index in [1.54, 1.807) is 0 Å². The normalized spacial score (nSPS) is 10.9. The number of hydrogen-bond donors (Lipinski definition) is 10. The summed E-state index contributed by atoms with van der Waals surface area (Å²) in [6.45, 7) is 0. The molecule has 140 heavy (non-hydrogen) atoms. The summed E-state index contributed by atoms with van der Waals surface area (Å²) in [5, 5.41) is 0. The zero-order chi connectivity index (χ0) is 79.7. The summed E-state index contributed by atoms with van der Waals surface area (Å²) in [6, 6.07) is 81.8. The van der Waals surface area contributed by atoms with Crippen LogP contribution in [0.3, 0.4) is 0 Å². The molecule has 0 saturated heterocycles. The first-order chi connectivity index (χ1) is 59.0. The van der Waals surface area contributed by atoms with E-state index in [1.807, 2.05) is 243 Å². The molecular weight excluding hydrogens is 3190 g/mol. The minimum Gasteiger partial charge on any atom is -1.00 e. The summed E-state index contributed by atoms with van der Waals surface area (Å²) < 4.78 is 0.